The van der Waals surface area contributed by atoms with Gasteiger partial charge in [-0.3, -0.25) is 4.98 Å². The molecule has 0 atom stereocenters. The van der Waals surface area contributed by atoms with E-state index in [9.17, 15) is 13.2 Å². The molecule has 0 aliphatic carbocycles. The van der Waals surface area contributed by atoms with Crippen LogP contribution in [0.1, 0.15) is 22.3 Å². The summed E-state index contributed by atoms with van der Waals surface area (Å²) >= 11 is 18.8. The first-order valence-electron chi connectivity index (χ1n) is 11.7. The number of fused-ring (bicyclic) bond motifs is 1. The molecule has 4 aromatic carbocycles. The summed E-state index contributed by atoms with van der Waals surface area (Å²) in [6.07, 6.45) is -2.46. The molecule has 192 valence electrons. The monoisotopic (exact) mass is 570 g/mol. The number of halogens is 6. The van der Waals surface area contributed by atoms with Crippen LogP contribution in [0.3, 0.4) is 0 Å². The van der Waals surface area contributed by atoms with Crippen LogP contribution in [0.25, 0.3) is 22.0 Å². The lowest BCUT2D eigenvalue weighted by atomic mass is 9.91. The lowest BCUT2D eigenvalue weighted by Gasteiger charge is -2.17. The van der Waals surface area contributed by atoms with Crippen LogP contribution in [0.4, 0.5) is 18.9 Å². The van der Waals surface area contributed by atoms with E-state index in [2.05, 4.69) is 10.3 Å². The highest BCUT2D eigenvalue weighted by Gasteiger charge is 2.33. The first-order valence-corrected chi connectivity index (χ1v) is 12.8. The van der Waals surface area contributed by atoms with Crippen LogP contribution < -0.4 is 5.32 Å². The first kappa shape index (κ1) is 26.4. The molecule has 1 heterocycles. The third kappa shape index (κ3) is 5.46. The van der Waals surface area contributed by atoms with Crippen molar-refractivity contribution in [2.45, 2.75) is 19.1 Å². The van der Waals surface area contributed by atoms with E-state index in [1.165, 1.54) is 6.07 Å². The van der Waals surface area contributed by atoms with Crippen LogP contribution in [-0.2, 0) is 19.1 Å². The number of nitrogens with zero attached hydrogens (tertiary/aromatic N) is 1. The summed E-state index contributed by atoms with van der Waals surface area (Å²) in [5, 5.41) is 4.99. The number of alkyl halides is 3. The van der Waals surface area contributed by atoms with E-state index in [1.54, 1.807) is 24.4 Å². The van der Waals surface area contributed by atoms with Gasteiger partial charge in [0.05, 0.1) is 21.1 Å². The molecular formula is C30H20Cl3F3N2. The molecule has 0 saturated heterocycles. The lowest BCUT2D eigenvalue weighted by Crippen LogP contribution is -2.07. The standard InChI is InChI=1S/C30H20Cl3F3N2/c31-25-12-13-26(32)28(33)23(25)17-37-21-9-4-8-19(15-21)27-20(14-18-6-2-1-3-7-18)16-38-29-22(27)10-5-11-24(29)30(34,35)36/h1-13,15-16,37H,14,17H2. The van der Waals surface area contributed by atoms with Crippen molar-refractivity contribution < 1.29 is 13.2 Å². The van der Waals surface area contributed by atoms with Crippen molar-refractivity contribution in [1.82, 2.24) is 4.98 Å². The van der Waals surface area contributed by atoms with Gasteiger partial charge < -0.3 is 5.32 Å². The van der Waals surface area contributed by atoms with Gasteiger partial charge in [0.25, 0.3) is 0 Å². The Kier molecular flexibility index (Phi) is 7.53. The zero-order chi connectivity index (χ0) is 26.9. The number of pyridine rings is 1. The second-order valence-electron chi connectivity index (χ2n) is 8.78. The SMILES string of the molecule is FC(F)(F)c1cccc2c(-c3cccc(NCc4c(Cl)ccc(Cl)c4Cl)c3)c(Cc3ccccc3)cnc12. The van der Waals surface area contributed by atoms with Crippen LogP contribution in [-0.4, -0.2) is 4.98 Å². The molecule has 5 rings (SSSR count). The van der Waals surface area contributed by atoms with Crippen molar-refractivity contribution in [1.29, 1.82) is 0 Å². The molecule has 1 N–H and O–H groups in total. The second kappa shape index (κ2) is 10.9. The summed E-state index contributed by atoms with van der Waals surface area (Å²) in [5.41, 5.74) is 3.87. The quantitative estimate of drug-likeness (QED) is 0.205. The van der Waals surface area contributed by atoms with E-state index >= 15 is 0 Å². The van der Waals surface area contributed by atoms with E-state index in [4.69, 9.17) is 34.8 Å². The summed E-state index contributed by atoms with van der Waals surface area (Å²) in [6, 6.07) is 24.7. The van der Waals surface area contributed by atoms with Gasteiger partial charge in [0.2, 0.25) is 0 Å². The summed E-state index contributed by atoms with van der Waals surface area (Å²) in [4.78, 5) is 4.28. The fourth-order valence-corrected chi connectivity index (χ4v) is 5.17. The number of anilines is 1. The highest BCUT2D eigenvalue weighted by atomic mass is 35.5. The van der Waals surface area contributed by atoms with Gasteiger partial charge in [-0.05, 0) is 59.0 Å². The van der Waals surface area contributed by atoms with Gasteiger partial charge in [0.1, 0.15) is 0 Å². The molecule has 0 fully saturated rings. The molecule has 8 heteroatoms. The summed E-state index contributed by atoms with van der Waals surface area (Å²) in [6.45, 7) is 0.313. The minimum Gasteiger partial charge on any atom is -0.381 e. The number of aromatic nitrogens is 1. The third-order valence-corrected chi connectivity index (χ3v) is 7.48. The van der Waals surface area contributed by atoms with Crippen LogP contribution in [0.5, 0.6) is 0 Å². The maximum Gasteiger partial charge on any atom is 0.418 e. The maximum atomic E-state index is 13.8. The van der Waals surface area contributed by atoms with Gasteiger partial charge in [0.15, 0.2) is 0 Å². The molecule has 0 saturated carbocycles. The van der Waals surface area contributed by atoms with E-state index < -0.39 is 11.7 Å². The Morgan fingerprint density at radius 3 is 2.29 bits per heavy atom. The average Bonchev–Trinajstić information content (AvgIpc) is 2.90. The largest absolute Gasteiger partial charge is 0.418 e. The molecule has 5 aromatic rings. The molecule has 2 nitrogen and oxygen atoms in total. The van der Waals surface area contributed by atoms with Gasteiger partial charge in [-0.25, -0.2) is 0 Å². The molecule has 0 bridgehead atoms. The van der Waals surface area contributed by atoms with Crippen LogP contribution in [0.15, 0.2) is 91.1 Å². The molecule has 0 aliphatic rings. The predicted octanol–water partition coefficient (Wildman–Crippen LogP) is 10.1. The number of rotatable bonds is 6. The van der Waals surface area contributed by atoms with Crippen LogP contribution >= 0.6 is 34.8 Å². The molecule has 0 aliphatic heterocycles. The summed E-state index contributed by atoms with van der Waals surface area (Å²) in [5.74, 6) is 0. The molecule has 0 spiro atoms. The van der Waals surface area contributed by atoms with E-state index in [0.29, 0.717) is 44.5 Å². The van der Waals surface area contributed by atoms with Crippen LogP contribution in [0.2, 0.25) is 15.1 Å². The van der Waals surface area contributed by atoms with Crippen molar-refractivity contribution in [3.8, 4) is 11.1 Å². The second-order valence-corrected chi connectivity index (χ2v) is 9.97. The average molecular weight is 572 g/mol. The Hall–Kier alpha value is -3.25. The van der Waals surface area contributed by atoms with Crippen molar-refractivity contribution in [2.24, 2.45) is 0 Å². The molecule has 1 aromatic heterocycles. The molecular weight excluding hydrogens is 552 g/mol. The van der Waals surface area contributed by atoms with E-state index in [0.717, 1.165) is 28.4 Å². The zero-order valence-electron chi connectivity index (χ0n) is 19.8. The van der Waals surface area contributed by atoms with Crippen molar-refractivity contribution in [3.05, 3.63) is 128 Å². The third-order valence-electron chi connectivity index (χ3n) is 6.28. The Bertz CT molecular complexity index is 1620. The minimum absolute atomic E-state index is 0.0809. The van der Waals surface area contributed by atoms with Gasteiger partial charge in [0, 0.05) is 34.4 Å². The number of nitrogens with one attached hydrogen (secondary N) is 1. The van der Waals surface area contributed by atoms with Gasteiger partial charge in [-0.1, -0.05) is 89.4 Å². The molecule has 38 heavy (non-hydrogen) atoms. The van der Waals surface area contributed by atoms with Gasteiger partial charge in [-0.15, -0.1) is 0 Å². The molecule has 0 radical (unpaired) electrons. The van der Waals surface area contributed by atoms with Crippen molar-refractivity contribution in [2.75, 3.05) is 5.32 Å². The topological polar surface area (TPSA) is 24.9 Å². The van der Waals surface area contributed by atoms with Gasteiger partial charge in [-0.2, -0.15) is 13.2 Å². The predicted molar refractivity (Wildman–Crippen MR) is 150 cm³/mol. The molecule has 0 amide bonds. The number of benzene rings is 4. The van der Waals surface area contributed by atoms with Crippen molar-refractivity contribution >= 4 is 51.4 Å². The Morgan fingerprint density at radius 1 is 0.789 bits per heavy atom. The highest BCUT2D eigenvalue weighted by molar-refractivity contribution is 6.44. The van der Waals surface area contributed by atoms with Gasteiger partial charge >= 0.3 is 6.18 Å². The number of hydrogen-bond acceptors (Lipinski definition) is 2. The fourth-order valence-electron chi connectivity index (χ4n) is 4.49. The minimum atomic E-state index is -4.52. The fraction of sp³-hybridized carbons (Fsp3) is 0.100. The maximum absolute atomic E-state index is 13.8. The Morgan fingerprint density at radius 2 is 1.53 bits per heavy atom. The Balaban J connectivity index is 1.61. The first-order chi connectivity index (χ1) is 18.2. The lowest BCUT2D eigenvalue weighted by molar-refractivity contribution is -0.136. The van der Waals surface area contributed by atoms with E-state index in [-0.39, 0.29) is 5.52 Å². The highest BCUT2D eigenvalue weighted by Crippen LogP contribution is 2.40. The molecule has 0 unspecified atom stereocenters. The summed E-state index contributed by atoms with van der Waals surface area (Å²) in [7, 11) is 0. The number of para-hydroxylation sites is 1. The van der Waals surface area contributed by atoms with Crippen LogP contribution in [0, 0.1) is 0 Å². The Labute approximate surface area is 233 Å². The smallest absolute Gasteiger partial charge is 0.381 e. The van der Waals surface area contributed by atoms with E-state index in [1.807, 2.05) is 54.6 Å². The van der Waals surface area contributed by atoms with Crippen molar-refractivity contribution in [3.63, 3.8) is 0 Å². The normalized spacial score (nSPS) is 11.6. The zero-order valence-corrected chi connectivity index (χ0v) is 22.1. The summed E-state index contributed by atoms with van der Waals surface area (Å²) < 4.78 is 41.5. The number of hydrogen-bond donors (Lipinski definition) is 1.